The van der Waals surface area contributed by atoms with Gasteiger partial charge in [0.15, 0.2) is 11.5 Å². The molecule has 0 unspecified atom stereocenters. The van der Waals surface area contributed by atoms with Gasteiger partial charge < -0.3 is 19.5 Å². The van der Waals surface area contributed by atoms with Crippen LogP contribution >= 0.6 is 0 Å². The molecule has 1 N–H and O–H groups in total. The molecule has 0 saturated carbocycles. The number of benzene rings is 1. The smallest absolute Gasteiger partial charge is 0.203 e. The number of hydrogen-bond donors (Lipinski definition) is 1. The van der Waals surface area contributed by atoms with Gasteiger partial charge in [-0.15, -0.1) is 0 Å². The van der Waals surface area contributed by atoms with Gasteiger partial charge in [0.25, 0.3) is 0 Å². The van der Waals surface area contributed by atoms with Crippen LogP contribution in [0.2, 0.25) is 0 Å². The molecule has 0 aliphatic rings. The molecule has 0 saturated heterocycles. The summed E-state index contributed by atoms with van der Waals surface area (Å²) in [5.41, 5.74) is 1.08. The van der Waals surface area contributed by atoms with Crippen molar-refractivity contribution in [2.75, 3.05) is 33.9 Å². The molecule has 0 aromatic heterocycles. The van der Waals surface area contributed by atoms with Crippen LogP contribution in [0, 0.1) is 12.8 Å². The van der Waals surface area contributed by atoms with Crippen LogP contribution in [0.3, 0.4) is 0 Å². The minimum Gasteiger partial charge on any atom is -0.493 e. The van der Waals surface area contributed by atoms with Crippen LogP contribution in [0.15, 0.2) is 12.1 Å². The molecule has 0 aliphatic heterocycles. The van der Waals surface area contributed by atoms with Gasteiger partial charge in [0.05, 0.1) is 14.2 Å². The van der Waals surface area contributed by atoms with E-state index in [0.29, 0.717) is 23.9 Å². The Kier molecular flexibility index (Phi) is 7.23. The van der Waals surface area contributed by atoms with Crippen LogP contribution in [-0.2, 0) is 0 Å². The second-order valence-electron chi connectivity index (χ2n) is 5.28. The standard InChI is InChI=1S/C16H27NO3/c1-12(2)6-7-17-8-9-20-16-14(18-4)10-13(3)11-15(16)19-5/h10-12,17H,6-9H2,1-5H3. The van der Waals surface area contributed by atoms with Crippen LogP contribution in [0.25, 0.3) is 0 Å². The first kappa shape index (κ1) is 16.6. The zero-order valence-corrected chi connectivity index (χ0v) is 13.3. The van der Waals surface area contributed by atoms with Crippen LogP contribution in [0.1, 0.15) is 25.8 Å². The molecule has 0 radical (unpaired) electrons. The third-order valence-corrected chi connectivity index (χ3v) is 3.03. The maximum Gasteiger partial charge on any atom is 0.203 e. The lowest BCUT2D eigenvalue weighted by Gasteiger charge is -2.15. The van der Waals surface area contributed by atoms with Crippen molar-refractivity contribution in [2.45, 2.75) is 27.2 Å². The summed E-state index contributed by atoms with van der Waals surface area (Å²) in [6.45, 7) is 8.87. The van der Waals surface area contributed by atoms with Gasteiger partial charge >= 0.3 is 0 Å². The Bertz CT molecular complexity index is 380. The fourth-order valence-corrected chi connectivity index (χ4v) is 1.89. The lowest BCUT2D eigenvalue weighted by atomic mass is 10.1. The Labute approximate surface area is 122 Å². The molecule has 0 heterocycles. The summed E-state index contributed by atoms with van der Waals surface area (Å²) < 4.78 is 16.5. The van der Waals surface area contributed by atoms with Crippen LogP contribution in [-0.4, -0.2) is 33.9 Å². The second kappa shape index (κ2) is 8.69. The van der Waals surface area contributed by atoms with Crippen molar-refractivity contribution in [3.8, 4) is 17.2 Å². The SMILES string of the molecule is COc1cc(C)cc(OC)c1OCCNCCC(C)C. The Balaban J connectivity index is 2.50. The van der Waals surface area contributed by atoms with E-state index in [1.54, 1.807) is 14.2 Å². The van der Waals surface area contributed by atoms with Crippen molar-refractivity contribution in [3.05, 3.63) is 17.7 Å². The Morgan fingerprint density at radius 2 is 1.65 bits per heavy atom. The molecule has 0 fully saturated rings. The molecule has 4 heteroatoms. The minimum absolute atomic E-state index is 0.591. The molecule has 114 valence electrons. The van der Waals surface area contributed by atoms with E-state index >= 15 is 0 Å². The third-order valence-electron chi connectivity index (χ3n) is 3.03. The predicted octanol–water partition coefficient (Wildman–Crippen LogP) is 3.03. The minimum atomic E-state index is 0.591. The summed E-state index contributed by atoms with van der Waals surface area (Å²) in [5.74, 6) is 2.82. The first-order valence-corrected chi connectivity index (χ1v) is 7.14. The normalized spacial score (nSPS) is 10.7. The quantitative estimate of drug-likeness (QED) is 0.706. The molecule has 0 amide bonds. The van der Waals surface area contributed by atoms with E-state index in [1.165, 1.54) is 6.42 Å². The topological polar surface area (TPSA) is 39.7 Å². The molecule has 0 aliphatic carbocycles. The number of ether oxygens (including phenoxy) is 3. The fourth-order valence-electron chi connectivity index (χ4n) is 1.89. The monoisotopic (exact) mass is 281 g/mol. The third kappa shape index (κ3) is 5.29. The van der Waals surface area contributed by atoms with Gasteiger partial charge in [0.2, 0.25) is 5.75 Å². The number of hydrogen-bond acceptors (Lipinski definition) is 4. The van der Waals surface area contributed by atoms with Gasteiger partial charge in [0, 0.05) is 6.54 Å². The Hall–Kier alpha value is -1.42. The van der Waals surface area contributed by atoms with E-state index in [-0.39, 0.29) is 0 Å². The highest BCUT2D eigenvalue weighted by molar-refractivity contribution is 5.53. The molecular weight excluding hydrogens is 254 g/mol. The summed E-state index contributed by atoms with van der Waals surface area (Å²) in [5, 5.41) is 3.37. The molecule has 0 spiro atoms. The van der Waals surface area contributed by atoms with Gasteiger partial charge in [-0.2, -0.15) is 0 Å². The van der Waals surface area contributed by atoms with Gasteiger partial charge in [-0.05, 0) is 43.5 Å². The predicted molar refractivity (Wildman–Crippen MR) is 82.1 cm³/mol. The molecule has 1 aromatic rings. The zero-order valence-electron chi connectivity index (χ0n) is 13.3. The van der Waals surface area contributed by atoms with E-state index in [2.05, 4.69) is 19.2 Å². The molecule has 0 bridgehead atoms. The molecule has 0 atom stereocenters. The van der Waals surface area contributed by atoms with E-state index in [0.717, 1.165) is 24.6 Å². The number of aryl methyl sites for hydroxylation is 1. The summed E-state index contributed by atoms with van der Waals surface area (Å²) in [7, 11) is 3.28. The highest BCUT2D eigenvalue weighted by Gasteiger charge is 2.12. The van der Waals surface area contributed by atoms with Gasteiger partial charge in [-0.25, -0.2) is 0 Å². The van der Waals surface area contributed by atoms with Crippen molar-refractivity contribution >= 4 is 0 Å². The van der Waals surface area contributed by atoms with Gasteiger partial charge in [-0.1, -0.05) is 13.8 Å². The number of nitrogens with one attached hydrogen (secondary N) is 1. The van der Waals surface area contributed by atoms with Crippen LogP contribution in [0.5, 0.6) is 17.2 Å². The molecule has 1 rings (SSSR count). The van der Waals surface area contributed by atoms with Gasteiger partial charge in [0.1, 0.15) is 6.61 Å². The summed E-state index contributed by atoms with van der Waals surface area (Å²) in [6.07, 6.45) is 1.18. The largest absolute Gasteiger partial charge is 0.493 e. The first-order chi connectivity index (χ1) is 9.58. The highest BCUT2D eigenvalue weighted by Crippen LogP contribution is 2.38. The molecule has 1 aromatic carbocycles. The van der Waals surface area contributed by atoms with Crippen LogP contribution < -0.4 is 19.5 Å². The van der Waals surface area contributed by atoms with Crippen molar-refractivity contribution in [1.82, 2.24) is 5.32 Å². The number of rotatable bonds is 9. The van der Waals surface area contributed by atoms with Crippen molar-refractivity contribution < 1.29 is 14.2 Å². The molecule has 20 heavy (non-hydrogen) atoms. The van der Waals surface area contributed by atoms with E-state index in [1.807, 2.05) is 19.1 Å². The lowest BCUT2D eigenvalue weighted by Crippen LogP contribution is -2.23. The van der Waals surface area contributed by atoms with Crippen molar-refractivity contribution in [3.63, 3.8) is 0 Å². The lowest BCUT2D eigenvalue weighted by molar-refractivity contribution is 0.272. The summed E-state index contributed by atoms with van der Waals surface area (Å²) in [6, 6.07) is 3.90. The Morgan fingerprint density at radius 1 is 1.05 bits per heavy atom. The maximum atomic E-state index is 5.80. The highest BCUT2D eigenvalue weighted by atomic mass is 16.5. The van der Waals surface area contributed by atoms with E-state index < -0.39 is 0 Å². The average molecular weight is 281 g/mol. The zero-order chi connectivity index (χ0) is 15.0. The van der Waals surface area contributed by atoms with Crippen molar-refractivity contribution in [2.24, 2.45) is 5.92 Å². The maximum absolute atomic E-state index is 5.80. The fraction of sp³-hybridized carbons (Fsp3) is 0.625. The van der Waals surface area contributed by atoms with Crippen molar-refractivity contribution in [1.29, 1.82) is 0 Å². The second-order valence-corrected chi connectivity index (χ2v) is 5.28. The molecular formula is C16H27NO3. The summed E-state index contributed by atoms with van der Waals surface area (Å²) >= 11 is 0. The molecule has 4 nitrogen and oxygen atoms in total. The van der Waals surface area contributed by atoms with Gasteiger partial charge in [-0.3, -0.25) is 0 Å². The summed E-state index contributed by atoms with van der Waals surface area (Å²) in [4.78, 5) is 0. The Morgan fingerprint density at radius 3 is 2.15 bits per heavy atom. The van der Waals surface area contributed by atoms with E-state index in [4.69, 9.17) is 14.2 Å². The first-order valence-electron chi connectivity index (χ1n) is 7.14. The van der Waals surface area contributed by atoms with E-state index in [9.17, 15) is 0 Å². The average Bonchev–Trinajstić information content (AvgIpc) is 2.42. The number of methoxy groups -OCH3 is 2. The van der Waals surface area contributed by atoms with Crippen LogP contribution in [0.4, 0.5) is 0 Å².